The fourth-order valence-electron chi connectivity index (χ4n) is 2.67. The second-order valence-electron chi connectivity index (χ2n) is 6.50. The molecule has 0 unspecified atom stereocenters. The molecule has 0 atom stereocenters. The van der Waals surface area contributed by atoms with Crippen LogP contribution in [0.25, 0.3) is 0 Å². The largest absolute Gasteiger partial charge is 0.468 e. The minimum Gasteiger partial charge on any atom is -0.468 e. The van der Waals surface area contributed by atoms with Crippen molar-refractivity contribution < 1.29 is 17.9 Å². The van der Waals surface area contributed by atoms with Gasteiger partial charge in [-0.3, -0.25) is 4.68 Å². The number of halogens is 4. The minimum atomic E-state index is -4.42. The van der Waals surface area contributed by atoms with Crippen LogP contribution in [0.4, 0.5) is 13.2 Å². The lowest BCUT2D eigenvalue weighted by atomic mass is 10.3. The van der Waals surface area contributed by atoms with Crippen molar-refractivity contribution in [2.24, 2.45) is 4.99 Å². The first-order valence-corrected chi connectivity index (χ1v) is 9.45. The second-order valence-corrected chi connectivity index (χ2v) is 6.50. The Bertz CT molecular complexity index is 810. The lowest BCUT2D eigenvalue weighted by Crippen LogP contribution is -2.38. The number of alkyl halides is 3. The van der Waals surface area contributed by atoms with Gasteiger partial charge in [-0.25, -0.2) is 9.98 Å². The van der Waals surface area contributed by atoms with Crippen LogP contribution in [0.3, 0.4) is 0 Å². The maximum Gasteiger partial charge on any atom is 0.422 e. The first-order chi connectivity index (χ1) is 13.8. The Kier molecular flexibility index (Phi) is 10.9. The van der Waals surface area contributed by atoms with Crippen molar-refractivity contribution >= 4 is 29.9 Å². The Morgan fingerprint density at radius 3 is 2.67 bits per heavy atom. The fraction of sp³-hybridized carbons (Fsp3) is 0.526. The molecule has 0 saturated heterocycles. The molecule has 0 saturated carbocycles. The summed E-state index contributed by atoms with van der Waals surface area (Å²) in [7, 11) is 0. The molecular formula is C19H28F3IN6O. The number of aryl methyl sites for hydroxylation is 3. The molecule has 0 spiro atoms. The summed E-state index contributed by atoms with van der Waals surface area (Å²) in [5.74, 6) is 0.514. The summed E-state index contributed by atoms with van der Waals surface area (Å²) in [4.78, 5) is 8.31. The van der Waals surface area contributed by atoms with Crippen LogP contribution in [0.1, 0.15) is 30.3 Å². The fourth-order valence-corrected chi connectivity index (χ4v) is 2.67. The highest BCUT2D eigenvalue weighted by molar-refractivity contribution is 14.0. The van der Waals surface area contributed by atoms with Gasteiger partial charge in [0.1, 0.15) is 0 Å². The van der Waals surface area contributed by atoms with Crippen molar-refractivity contribution in [1.82, 2.24) is 25.4 Å². The smallest absolute Gasteiger partial charge is 0.422 e. The quantitative estimate of drug-likeness (QED) is 0.220. The van der Waals surface area contributed by atoms with Gasteiger partial charge < -0.3 is 15.4 Å². The highest BCUT2D eigenvalue weighted by Gasteiger charge is 2.29. The van der Waals surface area contributed by atoms with Gasteiger partial charge in [-0.2, -0.15) is 18.3 Å². The summed E-state index contributed by atoms with van der Waals surface area (Å²) in [6.07, 6.45) is -2.18. The van der Waals surface area contributed by atoms with Crippen molar-refractivity contribution in [3.8, 4) is 5.88 Å². The van der Waals surface area contributed by atoms with Gasteiger partial charge in [0.25, 0.3) is 0 Å². The highest BCUT2D eigenvalue weighted by Crippen LogP contribution is 2.20. The van der Waals surface area contributed by atoms with Crippen LogP contribution >= 0.6 is 24.0 Å². The molecule has 0 aromatic carbocycles. The van der Waals surface area contributed by atoms with Gasteiger partial charge in [-0.15, -0.1) is 24.0 Å². The number of ether oxygens (including phenoxy) is 1. The van der Waals surface area contributed by atoms with E-state index in [1.807, 2.05) is 31.5 Å². The third kappa shape index (κ3) is 9.18. The molecule has 0 aliphatic carbocycles. The van der Waals surface area contributed by atoms with Crippen LogP contribution in [-0.2, 0) is 13.1 Å². The van der Waals surface area contributed by atoms with Gasteiger partial charge in [0.05, 0.1) is 12.2 Å². The first-order valence-electron chi connectivity index (χ1n) is 9.45. The van der Waals surface area contributed by atoms with Crippen LogP contribution in [0.15, 0.2) is 29.4 Å². The Morgan fingerprint density at radius 2 is 2.03 bits per heavy atom. The number of rotatable bonds is 9. The third-order valence-corrected chi connectivity index (χ3v) is 3.92. The monoisotopic (exact) mass is 540 g/mol. The number of aromatic nitrogens is 3. The molecular weight excluding hydrogens is 512 g/mol. The molecule has 30 heavy (non-hydrogen) atoms. The number of pyridine rings is 1. The highest BCUT2D eigenvalue weighted by atomic mass is 127. The zero-order valence-corrected chi connectivity index (χ0v) is 19.6. The van der Waals surface area contributed by atoms with E-state index in [2.05, 4.69) is 25.7 Å². The summed E-state index contributed by atoms with van der Waals surface area (Å²) in [6.45, 7) is 6.80. The Balaban J connectivity index is 0.00000450. The molecule has 168 valence electrons. The maximum absolute atomic E-state index is 12.4. The van der Waals surface area contributed by atoms with Gasteiger partial charge in [-0.05, 0) is 39.3 Å². The molecule has 0 aliphatic rings. The Labute approximate surface area is 191 Å². The van der Waals surface area contributed by atoms with Crippen LogP contribution < -0.4 is 15.4 Å². The summed E-state index contributed by atoms with van der Waals surface area (Å²) in [6, 6.07) is 5.32. The van der Waals surface area contributed by atoms with E-state index >= 15 is 0 Å². The second kappa shape index (κ2) is 12.6. The normalized spacial score (nSPS) is 11.7. The van der Waals surface area contributed by atoms with Crippen LogP contribution in [0, 0.1) is 13.8 Å². The zero-order chi connectivity index (χ0) is 21.3. The van der Waals surface area contributed by atoms with Crippen molar-refractivity contribution in [1.29, 1.82) is 0 Å². The van der Waals surface area contributed by atoms with E-state index in [-0.39, 0.29) is 36.4 Å². The standard InChI is InChI=1S/C19H27F3N6O.HI/c1-4-23-18(25-9-6-10-28-15(3)11-14(2)27-28)26-12-16-7-5-8-24-17(16)29-13-19(20,21)22;/h5,7-8,11H,4,6,9-10,12-13H2,1-3H3,(H2,23,25,26);1H. The molecule has 0 aliphatic heterocycles. The van der Waals surface area contributed by atoms with Crippen LogP contribution in [0.2, 0.25) is 0 Å². The molecule has 2 heterocycles. The summed E-state index contributed by atoms with van der Waals surface area (Å²) in [5, 5.41) is 10.8. The number of hydrogen-bond donors (Lipinski definition) is 2. The average molecular weight is 540 g/mol. The SMILES string of the molecule is CCNC(=NCc1cccnc1OCC(F)(F)F)NCCCn1nc(C)cc1C.I. The van der Waals surface area contributed by atoms with Gasteiger partial charge >= 0.3 is 6.18 Å². The first kappa shape index (κ1) is 26.0. The summed E-state index contributed by atoms with van der Waals surface area (Å²) in [5.41, 5.74) is 2.59. The zero-order valence-electron chi connectivity index (χ0n) is 17.3. The summed E-state index contributed by atoms with van der Waals surface area (Å²) >= 11 is 0. The molecule has 0 fully saturated rings. The van der Waals surface area contributed by atoms with E-state index in [9.17, 15) is 13.2 Å². The van der Waals surface area contributed by atoms with E-state index in [0.29, 0.717) is 24.6 Å². The minimum absolute atomic E-state index is 0. The van der Waals surface area contributed by atoms with Gasteiger partial charge in [0.15, 0.2) is 12.6 Å². The van der Waals surface area contributed by atoms with Crippen molar-refractivity contribution in [3.63, 3.8) is 0 Å². The van der Waals surface area contributed by atoms with E-state index in [1.165, 1.54) is 6.20 Å². The average Bonchev–Trinajstić information content (AvgIpc) is 2.98. The Morgan fingerprint density at radius 1 is 1.27 bits per heavy atom. The third-order valence-electron chi connectivity index (χ3n) is 3.92. The molecule has 0 amide bonds. The number of aliphatic imine (C=N–C) groups is 1. The molecule has 2 rings (SSSR count). The predicted molar refractivity (Wildman–Crippen MR) is 120 cm³/mol. The van der Waals surface area contributed by atoms with Crippen LogP contribution in [-0.4, -0.2) is 46.6 Å². The maximum atomic E-state index is 12.4. The molecule has 0 radical (unpaired) electrons. The van der Waals surface area contributed by atoms with E-state index in [0.717, 1.165) is 24.4 Å². The molecule has 2 N–H and O–H groups in total. The Hall–Kier alpha value is -2.05. The van der Waals surface area contributed by atoms with E-state index in [4.69, 9.17) is 4.74 Å². The number of nitrogens with one attached hydrogen (secondary N) is 2. The van der Waals surface area contributed by atoms with Crippen molar-refractivity contribution in [2.45, 2.75) is 46.5 Å². The van der Waals surface area contributed by atoms with Gasteiger partial charge in [0.2, 0.25) is 5.88 Å². The van der Waals surface area contributed by atoms with Gasteiger partial charge in [0, 0.05) is 37.1 Å². The molecule has 2 aromatic rings. The van der Waals surface area contributed by atoms with Crippen LogP contribution in [0.5, 0.6) is 5.88 Å². The molecule has 0 bridgehead atoms. The molecule has 2 aromatic heterocycles. The molecule has 11 heteroatoms. The topological polar surface area (TPSA) is 76.4 Å². The predicted octanol–water partition coefficient (Wildman–Crippen LogP) is 3.60. The summed E-state index contributed by atoms with van der Waals surface area (Å²) < 4.78 is 44.0. The van der Waals surface area contributed by atoms with E-state index < -0.39 is 12.8 Å². The molecule has 7 nitrogen and oxygen atoms in total. The number of hydrogen-bond acceptors (Lipinski definition) is 4. The number of nitrogens with zero attached hydrogens (tertiary/aromatic N) is 4. The van der Waals surface area contributed by atoms with Crippen molar-refractivity contribution in [3.05, 3.63) is 41.3 Å². The van der Waals surface area contributed by atoms with Gasteiger partial charge in [-0.1, -0.05) is 6.07 Å². The lowest BCUT2D eigenvalue weighted by Gasteiger charge is -2.13. The number of guanidine groups is 1. The van der Waals surface area contributed by atoms with Crippen molar-refractivity contribution in [2.75, 3.05) is 19.7 Å². The van der Waals surface area contributed by atoms with E-state index in [1.54, 1.807) is 12.1 Å². The lowest BCUT2D eigenvalue weighted by molar-refractivity contribution is -0.154.